The second-order valence-corrected chi connectivity index (χ2v) is 5.48. The SMILES string of the molecule is NC(=O)N=S(=O)=O.NS(=O)(=O)c1cccs1. The van der Waals surface area contributed by atoms with Crippen LogP contribution in [0.1, 0.15) is 0 Å². The summed E-state index contributed by atoms with van der Waals surface area (Å²) in [5.74, 6) is 0. The van der Waals surface area contributed by atoms with E-state index in [-0.39, 0.29) is 4.21 Å². The van der Waals surface area contributed by atoms with Crippen LogP contribution in [0.25, 0.3) is 0 Å². The zero-order valence-corrected chi connectivity index (χ0v) is 10.0. The van der Waals surface area contributed by atoms with E-state index in [1.54, 1.807) is 11.4 Å². The molecule has 16 heavy (non-hydrogen) atoms. The first-order valence-corrected chi connectivity index (χ1v) is 6.86. The van der Waals surface area contributed by atoms with Crippen LogP contribution in [0.15, 0.2) is 26.1 Å². The normalized spacial score (nSPS) is 9.81. The topological polar surface area (TPSA) is 150 Å². The van der Waals surface area contributed by atoms with E-state index in [0.29, 0.717) is 0 Å². The van der Waals surface area contributed by atoms with Crippen molar-refractivity contribution in [2.45, 2.75) is 4.21 Å². The van der Waals surface area contributed by atoms with E-state index in [0.717, 1.165) is 11.3 Å². The van der Waals surface area contributed by atoms with E-state index in [2.05, 4.69) is 10.1 Å². The van der Waals surface area contributed by atoms with E-state index < -0.39 is 26.6 Å². The molecular formula is C5H7N3O5S3. The van der Waals surface area contributed by atoms with Gasteiger partial charge in [0.2, 0.25) is 10.0 Å². The van der Waals surface area contributed by atoms with Crippen LogP contribution in [0.4, 0.5) is 4.79 Å². The Bertz CT molecular complexity index is 563. The molecule has 0 aliphatic rings. The quantitative estimate of drug-likeness (QED) is 0.714. The maximum atomic E-state index is 10.5. The van der Waals surface area contributed by atoms with E-state index in [4.69, 9.17) is 5.14 Å². The van der Waals surface area contributed by atoms with Gasteiger partial charge in [0, 0.05) is 0 Å². The third-order valence-electron chi connectivity index (χ3n) is 0.940. The monoisotopic (exact) mass is 285 g/mol. The van der Waals surface area contributed by atoms with Crippen molar-refractivity contribution >= 4 is 37.9 Å². The number of thiophene rings is 1. The molecule has 90 valence electrons. The number of amides is 2. The molecule has 0 unspecified atom stereocenters. The summed E-state index contributed by atoms with van der Waals surface area (Å²) in [7, 11) is -6.14. The summed E-state index contributed by atoms with van der Waals surface area (Å²) in [6.07, 6.45) is 0. The number of rotatable bonds is 1. The van der Waals surface area contributed by atoms with Crippen molar-refractivity contribution in [2.24, 2.45) is 15.2 Å². The largest absolute Gasteiger partial charge is 0.353 e. The molecule has 0 spiro atoms. The fourth-order valence-electron chi connectivity index (χ4n) is 0.499. The molecule has 8 nitrogen and oxygen atoms in total. The number of nitrogens with two attached hydrogens (primary N) is 2. The molecule has 11 heteroatoms. The summed E-state index contributed by atoms with van der Waals surface area (Å²) in [4.78, 5) is 9.47. The second kappa shape index (κ2) is 6.32. The highest BCUT2D eigenvalue weighted by molar-refractivity contribution is 7.91. The van der Waals surface area contributed by atoms with Gasteiger partial charge in [-0.2, -0.15) is 8.42 Å². The zero-order chi connectivity index (χ0) is 12.8. The Kier molecular flexibility index (Phi) is 5.81. The summed E-state index contributed by atoms with van der Waals surface area (Å²) in [5.41, 5.74) is 4.29. The third-order valence-corrected chi connectivity index (χ3v) is 3.61. The molecule has 1 aromatic rings. The number of primary sulfonamides is 1. The Labute approximate surface area is 96.6 Å². The highest BCUT2D eigenvalue weighted by atomic mass is 32.2. The maximum Gasteiger partial charge on any atom is 0.353 e. The number of carbonyl (C=O) groups excluding carboxylic acids is 1. The Morgan fingerprint density at radius 2 is 2.00 bits per heavy atom. The Morgan fingerprint density at radius 3 is 2.12 bits per heavy atom. The van der Waals surface area contributed by atoms with Crippen LogP contribution in [0, 0.1) is 0 Å². The van der Waals surface area contributed by atoms with Crippen LogP contribution in [-0.4, -0.2) is 22.9 Å². The summed E-state index contributed by atoms with van der Waals surface area (Å²) in [5, 5.41) is 6.45. The lowest BCUT2D eigenvalue weighted by Gasteiger charge is -1.86. The van der Waals surface area contributed by atoms with Crippen molar-refractivity contribution in [1.29, 1.82) is 0 Å². The molecule has 2 amide bonds. The van der Waals surface area contributed by atoms with Gasteiger partial charge in [-0.05, 0) is 11.4 Å². The molecule has 0 saturated heterocycles. The minimum Gasteiger partial charge on any atom is -0.349 e. The van der Waals surface area contributed by atoms with E-state index >= 15 is 0 Å². The first-order valence-electron chi connectivity index (χ1n) is 3.40. The molecule has 0 bridgehead atoms. The first-order chi connectivity index (χ1) is 7.23. The van der Waals surface area contributed by atoms with E-state index in [9.17, 15) is 21.6 Å². The van der Waals surface area contributed by atoms with Crippen molar-refractivity contribution in [3.05, 3.63) is 17.5 Å². The van der Waals surface area contributed by atoms with Gasteiger partial charge in [-0.15, -0.1) is 11.3 Å². The smallest absolute Gasteiger partial charge is 0.349 e. The van der Waals surface area contributed by atoms with Crippen LogP contribution in [0.2, 0.25) is 0 Å². The highest BCUT2D eigenvalue weighted by Crippen LogP contribution is 2.12. The summed E-state index contributed by atoms with van der Waals surface area (Å²) in [6.45, 7) is 0. The number of urea groups is 1. The fraction of sp³-hybridized carbons (Fsp3) is 0. The van der Waals surface area contributed by atoms with Gasteiger partial charge >= 0.3 is 16.5 Å². The number of primary amides is 1. The van der Waals surface area contributed by atoms with Crippen molar-refractivity contribution in [1.82, 2.24) is 0 Å². The average Bonchev–Trinajstić information content (AvgIpc) is 2.51. The van der Waals surface area contributed by atoms with Gasteiger partial charge < -0.3 is 5.73 Å². The van der Waals surface area contributed by atoms with Crippen molar-refractivity contribution in [3.8, 4) is 0 Å². The van der Waals surface area contributed by atoms with Crippen molar-refractivity contribution < 1.29 is 21.6 Å². The number of sulfonamides is 1. The predicted octanol–water partition coefficient (Wildman–Crippen LogP) is -0.477. The Hall–Kier alpha value is -1.30. The molecule has 4 N–H and O–H groups in total. The van der Waals surface area contributed by atoms with Crippen LogP contribution < -0.4 is 10.9 Å². The van der Waals surface area contributed by atoms with Gasteiger partial charge in [0.15, 0.2) is 0 Å². The van der Waals surface area contributed by atoms with Crippen LogP contribution in [0.5, 0.6) is 0 Å². The molecule has 0 aromatic carbocycles. The lowest BCUT2D eigenvalue weighted by atomic mass is 10.7. The van der Waals surface area contributed by atoms with E-state index in [1.807, 2.05) is 0 Å². The number of hydrogen-bond donors (Lipinski definition) is 2. The van der Waals surface area contributed by atoms with Crippen molar-refractivity contribution in [3.63, 3.8) is 0 Å². The molecule has 0 aliphatic heterocycles. The summed E-state index contributed by atoms with van der Waals surface area (Å²) >= 11 is 1.12. The molecule has 0 fully saturated rings. The summed E-state index contributed by atoms with van der Waals surface area (Å²) in [6, 6.07) is 1.91. The molecule has 0 atom stereocenters. The lowest BCUT2D eigenvalue weighted by Crippen LogP contribution is -2.09. The maximum absolute atomic E-state index is 10.5. The molecular weight excluding hydrogens is 278 g/mol. The third kappa shape index (κ3) is 7.05. The molecule has 0 saturated carbocycles. The first kappa shape index (κ1) is 14.7. The minimum atomic E-state index is -3.44. The van der Waals surface area contributed by atoms with Gasteiger partial charge in [0.25, 0.3) is 0 Å². The highest BCUT2D eigenvalue weighted by Gasteiger charge is 2.06. The number of hydrogen-bond acceptors (Lipinski definition) is 6. The average molecular weight is 285 g/mol. The molecule has 1 aromatic heterocycles. The summed E-state index contributed by atoms with van der Waals surface area (Å²) < 4.78 is 42.2. The molecule has 1 rings (SSSR count). The van der Waals surface area contributed by atoms with Gasteiger partial charge in [-0.25, -0.2) is 18.4 Å². The zero-order valence-electron chi connectivity index (χ0n) is 7.60. The van der Waals surface area contributed by atoms with E-state index in [1.165, 1.54) is 6.07 Å². The minimum absolute atomic E-state index is 0.211. The number of nitrogens with zero attached hydrogens (tertiary/aromatic N) is 1. The molecule has 0 aliphatic carbocycles. The van der Waals surface area contributed by atoms with Gasteiger partial charge in [0.1, 0.15) is 4.21 Å². The number of carbonyl (C=O) groups is 1. The second-order valence-electron chi connectivity index (χ2n) is 2.12. The Balaban J connectivity index is 0.000000293. The van der Waals surface area contributed by atoms with Crippen LogP contribution in [0.3, 0.4) is 0 Å². The fourth-order valence-corrected chi connectivity index (χ4v) is 2.07. The Morgan fingerprint density at radius 1 is 1.44 bits per heavy atom. The predicted molar refractivity (Wildman–Crippen MR) is 56.6 cm³/mol. The van der Waals surface area contributed by atoms with Gasteiger partial charge in [-0.3, -0.25) is 0 Å². The molecule has 0 radical (unpaired) electrons. The van der Waals surface area contributed by atoms with Crippen LogP contribution in [-0.2, 0) is 20.5 Å². The van der Waals surface area contributed by atoms with Gasteiger partial charge in [-0.1, -0.05) is 10.4 Å². The van der Waals surface area contributed by atoms with Crippen LogP contribution >= 0.6 is 11.3 Å². The standard InChI is InChI=1S/C4H5NO2S2.CH2N2O3S/c5-9(6,7)4-2-1-3-8-4;2-1(4)3-7(5)6/h1-3H,(H2,5,6,7);(H2,2,4). The lowest BCUT2D eigenvalue weighted by molar-refractivity contribution is 0.257. The molecule has 1 heterocycles. The van der Waals surface area contributed by atoms with Gasteiger partial charge in [0.05, 0.1) is 0 Å². The van der Waals surface area contributed by atoms with Crippen molar-refractivity contribution in [2.75, 3.05) is 0 Å².